The first kappa shape index (κ1) is 12.2. The molecular formula is C15H22N2. The third kappa shape index (κ3) is 2.89. The lowest BCUT2D eigenvalue weighted by Gasteiger charge is -2.02. The Balaban J connectivity index is 1.99. The predicted octanol–water partition coefficient (Wildman–Crippen LogP) is 3.11. The lowest BCUT2D eigenvalue weighted by molar-refractivity contribution is 0.640. The minimum atomic E-state index is 1.12. The van der Waals surface area contributed by atoms with E-state index in [1.54, 1.807) is 0 Å². The number of hydrogen-bond donors (Lipinski definition) is 1. The lowest BCUT2D eigenvalue weighted by Crippen LogP contribution is -2.16. The van der Waals surface area contributed by atoms with Gasteiger partial charge >= 0.3 is 0 Å². The lowest BCUT2D eigenvalue weighted by atomic mass is 10.1. The normalized spacial score (nSPS) is 11.2. The van der Waals surface area contributed by atoms with Crippen molar-refractivity contribution in [1.82, 2.24) is 9.88 Å². The van der Waals surface area contributed by atoms with E-state index in [9.17, 15) is 0 Å². The minimum Gasteiger partial charge on any atom is -0.350 e. The Hall–Kier alpha value is -1.28. The molecule has 0 unspecified atom stereocenters. The van der Waals surface area contributed by atoms with E-state index in [0.29, 0.717) is 0 Å². The Kier molecular flexibility index (Phi) is 4.21. The third-order valence-electron chi connectivity index (χ3n) is 3.21. The van der Waals surface area contributed by atoms with E-state index >= 15 is 0 Å². The summed E-state index contributed by atoms with van der Waals surface area (Å²) < 4.78 is 2.23. The highest BCUT2D eigenvalue weighted by Gasteiger charge is 2.04. The molecule has 0 fully saturated rings. The molecule has 0 bridgehead atoms. The Labute approximate surface area is 104 Å². The number of nitrogens with one attached hydrogen (secondary N) is 1. The molecule has 0 atom stereocenters. The van der Waals surface area contributed by atoms with Crippen molar-refractivity contribution in [1.29, 1.82) is 0 Å². The van der Waals surface area contributed by atoms with Gasteiger partial charge in [0.25, 0.3) is 0 Å². The average molecular weight is 230 g/mol. The number of aromatic nitrogens is 1. The molecule has 0 radical (unpaired) electrons. The van der Waals surface area contributed by atoms with Gasteiger partial charge in [-0.05, 0) is 44.0 Å². The number of nitrogens with zero attached hydrogens (tertiary/aromatic N) is 1. The summed E-state index contributed by atoms with van der Waals surface area (Å²) in [5.74, 6) is 0. The van der Waals surface area contributed by atoms with Crippen molar-refractivity contribution in [3.63, 3.8) is 0 Å². The Morgan fingerprint density at radius 1 is 1.18 bits per heavy atom. The first-order chi connectivity index (χ1) is 8.33. The zero-order valence-electron chi connectivity index (χ0n) is 10.9. The van der Waals surface area contributed by atoms with E-state index in [1.807, 2.05) is 0 Å². The maximum atomic E-state index is 3.45. The molecular weight excluding hydrogens is 208 g/mol. The van der Waals surface area contributed by atoms with Crippen molar-refractivity contribution in [3.8, 4) is 0 Å². The van der Waals surface area contributed by atoms with Crippen LogP contribution in [0.25, 0.3) is 10.9 Å². The van der Waals surface area contributed by atoms with Crippen LogP contribution in [-0.4, -0.2) is 17.7 Å². The van der Waals surface area contributed by atoms with Crippen molar-refractivity contribution in [2.45, 2.75) is 26.2 Å². The molecule has 0 saturated carbocycles. The molecule has 0 aliphatic rings. The minimum absolute atomic E-state index is 1.12. The van der Waals surface area contributed by atoms with Crippen LogP contribution >= 0.6 is 0 Å². The highest BCUT2D eigenvalue weighted by Crippen LogP contribution is 2.21. The second-order valence-corrected chi connectivity index (χ2v) is 4.64. The van der Waals surface area contributed by atoms with Crippen LogP contribution < -0.4 is 5.32 Å². The second-order valence-electron chi connectivity index (χ2n) is 4.64. The van der Waals surface area contributed by atoms with Gasteiger partial charge in [0.05, 0.1) is 0 Å². The van der Waals surface area contributed by atoms with Crippen LogP contribution in [0.4, 0.5) is 0 Å². The number of hydrogen-bond acceptors (Lipinski definition) is 1. The molecule has 0 amide bonds. The molecule has 1 N–H and O–H groups in total. The van der Waals surface area contributed by atoms with Crippen LogP contribution in [0.2, 0.25) is 0 Å². The highest BCUT2D eigenvalue weighted by molar-refractivity contribution is 5.83. The van der Waals surface area contributed by atoms with Gasteiger partial charge < -0.3 is 9.88 Å². The topological polar surface area (TPSA) is 17.0 Å². The molecule has 2 heteroatoms. The van der Waals surface area contributed by atoms with Crippen molar-refractivity contribution >= 4 is 10.9 Å². The van der Waals surface area contributed by atoms with Gasteiger partial charge in [-0.25, -0.2) is 0 Å². The van der Waals surface area contributed by atoms with E-state index in [-0.39, 0.29) is 0 Å². The first-order valence-electron chi connectivity index (χ1n) is 6.56. The Morgan fingerprint density at radius 2 is 2.00 bits per heavy atom. The predicted molar refractivity (Wildman–Crippen MR) is 74.4 cm³/mol. The number of fused-ring (bicyclic) bond motifs is 1. The van der Waals surface area contributed by atoms with E-state index in [2.05, 4.69) is 54.3 Å². The SMILES string of the molecule is CCCNCCCc1cn(C)c2ccccc12. The van der Waals surface area contributed by atoms with Gasteiger partial charge in [-0.1, -0.05) is 25.1 Å². The van der Waals surface area contributed by atoms with Crippen LogP contribution in [0.15, 0.2) is 30.5 Å². The smallest absolute Gasteiger partial charge is 0.0480 e. The first-order valence-corrected chi connectivity index (χ1v) is 6.56. The van der Waals surface area contributed by atoms with Crippen LogP contribution in [0.3, 0.4) is 0 Å². The molecule has 0 spiro atoms. The van der Waals surface area contributed by atoms with Gasteiger partial charge in [-0.2, -0.15) is 0 Å². The molecule has 0 aliphatic heterocycles. The van der Waals surface area contributed by atoms with Gasteiger partial charge in [-0.3, -0.25) is 0 Å². The zero-order chi connectivity index (χ0) is 12.1. The van der Waals surface area contributed by atoms with Gasteiger partial charge in [0.2, 0.25) is 0 Å². The van der Waals surface area contributed by atoms with Gasteiger partial charge in [-0.15, -0.1) is 0 Å². The summed E-state index contributed by atoms with van der Waals surface area (Å²) in [6.45, 7) is 4.46. The molecule has 0 saturated heterocycles. The van der Waals surface area contributed by atoms with Gasteiger partial charge in [0, 0.05) is 24.1 Å². The van der Waals surface area contributed by atoms with Crippen molar-refractivity contribution < 1.29 is 0 Å². The summed E-state index contributed by atoms with van der Waals surface area (Å²) in [4.78, 5) is 0. The second kappa shape index (κ2) is 5.87. The summed E-state index contributed by atoms with van der Waals surface area (Å²) in [7, 11) is 2.13. The van der Waals surface area contributed by atoms with Crippen LogP contribution in [0.1, 0.15) is 25.3 Å². The molecule has 1 aromatic heterocycles. The molecule has 2 aromatic rings. The number of benzene rings is 1. The van der Waals surface area contributed by atoms with Crippen molar-refractivity contribution in [2.24, 2.45) is 7.05 Å². The van der Waals surface area contributed by atoms with Crippen molar-refractivity contribution in [3.05, 3.63) is 36.0 Å². The fraction of sp³-hybridized carbons (Fsp3) is 0.467. The molecule has 2 nitrogen and oxygen atoms in total. The monoisotopic (exact) mass is 230 g/mol. The molecule has 0 aliphatic carbocycles. The molecule has 2 rings (SSSR count). The third-order valence-corrected chi connectivity index (χ3v) is 3.21. The number of rotatable bonds is 6. The molecule has 1 aromatic carbocycles. The standard InChI is InChI=1S/C15H22N2/c1-3-10-16-11-6-7-13-12-17(2)15-9-5-4-8-14(13)15/h4-5,8-9,12,16H,3,6-7,10-11H2,1-2H3. The fourth-order valence-electron chi connectivity index (χ4n) is 2.33. The van der Waals surface area contributed by atoms with Gasteiger partial charge in [0.1, 0.15) is 0 Å². The summed E-state index contributed by atoms with van der Waals surface area (Å²) in [5.41, 5.74) is 2.81. The summed E-state index contributed by atoms with van der Waals surface area (Å²) in [6, 6.07) is 8.65. The Bertz CT molecular complexity index is 471. The quantitative estimate of drug-likeness (QED) is 0.755. The number of para-hydroxylation sites is 1. The van der Waals surface area contributed by atoms with Crippen LogP contribution in [-0.2, 0) is 13.5 Å². The molecule has 1 heterocycles. The van der Waals surface area contributed by atoms with E-state index in [0.717, 1.165) is 19.5 Å². The van der Waals surface area contributed by atoms with Crippen molar-refractivity contribution in [2.75, 3.05) is 13.1 Å². The van der Waals surface area contributed by atoms with E-state index in [1.165, 1.54) is 29.3 Å². The molecule has 17 heavy (non-hydrogen) atoms. The zero-order valence-corrected chi connectivity index (χ0v) is 10.9. The highest BCUT2D eigenvalue weighted by atomic mass is 14.9. The molecule has 92 valence electrons. The Morgan fingerprint density at radius 3 is 2.82 bits per heavy atom. The van der Waals surface area contributed by atoms with Gasteiger partial charge in [0.15, 0.2) is 0 Å². The number of aryl methyl sites for hydroxylation is 2. The fourth-order valence-corrected chi connectivity index (χ4v) is 2.33. The maximum Gasteiger partial charge on any atom is 0.0480 e. The average Bonchev–Trinajstić information content (AvgIpc) is 2.67. The summed E-state index contributed by atoms with van der Waals surface area (Å²) in [6.07, 6.45) is 5.87. The summed E-state index contributed by atoms with van der Waals surface area (Å²) >= 11 is 0. The van der Waals surface area contributed by atoms with E-state index < -0.39 is 0 Å². The summed E-state index contributed by atoms with van der Waals surface area (Å²) in [5, 5.41) is 4.86. The van der Waals surface area contributed by atoms with Crippen LogP contribution in [0, 0.1) is 0 Å². The van der Waals surface area contributed by atoms with E-state index in [4.69, 9.17) is 0 Å². The maximum absolute atomic E-state index is 3.45. The largest absolute Gasteiger partial charge is 0.350 e. The van der Waals surface area contributed by atoms with Crippen LogP contribution in [0.5, 0.6) is 0 Å².